The number of likely N-dealkylation sites (tertiary alicyclic amines) is 1. The Labute approximate surface area is 179 Å². The number of hydrogen-bond donors (Lipinski definition) is 2. The molecule has 0 unspecified atom stereocenters. The van der Waals surface area contributed by atoms with E-state index in [1.54, 1.807) is 45.9 Å². The van der Waals surface area contributed by atoms with Gasteiger partial charge in [0.1, 0.15) is 4.91 Å². The van der Waals surface area contributed by atoms with Gasteiger partial charge in [0.15, 0.2) is 0 Å². The summed E-state index contributed by atoms with van der Waals surface area (Å²) in [6.07, 6.45) is 11.7. The van der Waals surface area contributed by atoms with Crippen LogP contribution in [0.2, 0.25) is 0 Å². The Morgan fingerprint density at radius 3 is 2.79 bits per heavy atom. The Kier molecular flexibility index (Phi) is 5.84. The Bertz CT molecular complexity index is 1010. The number of thioether (sulfide) groups is 1. The maximum atomic E-state index is 13.2. The summed E-state index contributed by atoms with van der Waals surface area (Å²) in [5, 5.41) is 0. The molecule has 0 saturated carbocycles. The van der Waals surface area contributed by atoms with Crippen LogP contribution in [0.5, 0.6) is 0 Å². The maximum Gasteiger partial charge on any atom is 0.264 e. The maximum absolute atomic E-state index is 13.2. The molecule has 3 aliphatic heterocycles. The van der Waals surface area contributed by atoms with Crippen LogP contribution in [0, 0.1) is 0 Å². The van der Waals surface area contributed by atoms with Gasteiger partial charge in [-0.1, -0.05) is 0 Å². The molecule has 1 fully saturated rings. The van der Waals surface area contributed by atoms with Gasteiger partial charge in [0.2, 0.25) is 0 Å². The Morgan fingerprint density at radius 2 is 2.03 bits per heavy atom. The predicted octanol–water partition coefficient (Wildman–Crippen LogP) is 3.50. The first-order chi connectivity index (χ1) is 14.0. The number of piperidine rings is 1. The van der Waals surface area contributed by atoms with Crippen LogP contribution in [0.3, 0.4) is 0 Å². The standard InChI is InChI=1S/C19H22N4O3S3/c1-27-14-7-8-15(19(24)22-9-3-2-4-10-22)16(12-14)21-29(25,26)18-6-5-11-23-17(18)13-20-28-23/h5-8,11-13,20-21H,2-4,9-10H2,1H3. The fraction of sp³-hybridized carbons (Fsp3) is 0.316. The average Bonchev–Trinajstić information content (AvgIpc) is 3.22. The number of amides is 1. The molecule has 0 radical (unpaired) electrons. The quantitative estimate of drug-likeness (QED) is 0.525. The predicted molar refractivity (Wildman–Crippen MR) is 118 cm³/mol. The molecule has 1 saturated heterocycles. The highest BCUT2D eigenvalue weighted by molar-refractivity contribution is 7.98. The number of rotatable bonds is 5. The molecular formula is C19H22N4O3S3. The Hall–Kier alpha value is -2.04. The zero-order chi connectivity index (χ0) is 20.4. The van der Waals surface area contributed by atoms with Gasteiger partial charge in [-0.25, -0.2) is 8.42 Å². The highest BCUT2D eigenvalue weighted by atomic mass is 32.2. The number of sulfonamides is 1. The lowest BCUT2D eigenvalue weighted by atomic mass is 10.1. The molecule has 0 atom stereocenters. The van der Waals surface area contributed by atoms with E-state index in [1.165, 1.54) is 23.9 Å². The normalized spacial score (nSPS) is 18.7. The van der Waals surface area contributed by atoms with Crippen molar-refractivity contribution in [3.63, 3.8) is 0 Å². The van der Waals surface area contributed by atoms with Crippen LogP contribution in [0.4, 0.5) is 5.69 Å². The van der Waals surface area contributed by atoms with E-state index < -0.39 is 10.0 Å². The van der Waals surface area contributed by atoms with E-state index in [9.17, 15) is 13.2 Å². The molecule has 1 aromatic carbocycles. The second-order valence-electron chi connectivity index (χ2n) is 6.81. The summed E-state index contributed by atoms with van der Waals surface area (Å²) in [5.74, 6) is -0.133. The van der Waals surface area contributed by atoms with Gasteiger partial charge in [-0.15, -0.1) is 11.8 Å². The third-order valence-electron chi connectivity index (χ3n) is 4.94. The first-order valence-electron chi connectivity index (χ1n) is 9.30. The van der Waals surface area contributed by atoms with Crippen LogP contribution in [0.15, 0.2) is 58.2 Å². The summed E-state index contributed by atoms with van der Waals surface area (Å²) in [7, 11) is -3.89. The van der Waals surface area contributed by atoms with Crippen molar-refractivity contribution in [2.24, 2.45) is 0 Å². The molecule has 3 heterocycles. The molecule has 4 rings (SSSR count). The number of carbonyl (C=O) groups is 1. The smallest absolute Gasteiger partial charge is 0.264 e. The molecule has 1 amide bonds. The van der Waals surface area contributed by atoms with Crippen molar-refractivity contribution in [2.45, 2.75) is 24.2 Å². The highest BCUT2D eigenvalue weighted by Crippen LogP contribution is 2.35. The second kappa shape index (κ2) is 8.37. The summed E-state index contributed by atoms with van der Waals surface area (Å²) in [4.78, 5) is 15.9. The number of anilines is 1. The van der Waals surface area contributed by atoms with Gasteiger partial charge >= 0.3 is 0 Å². The van der Waals surface area contributed by atoms with Crippen LogP contribution in [-0.2, 0) is 10.0 Å². The van der Waals surface area contributed by atoms with Gasteiger partial charge in [0.25, 0.3) is 15.9 Å². The van der Waals surface area contributed by atoms with Gasteiger partial charge in [0, 0.05) is 30.4 Å². The Balaban J connectivity index is 1.67. The van der Waals surface area contributed by atoms with E-state index in [2.05, 4.69) is 9.44 Å². The van der Waals surface area contributed by atoms with Gasteiger partial charge in [0.05, 0.1) is 29.1 Å². The van der Waals surface area contributed by atoms with Crippen molar-refractivity contribution in [2.75, 3.05) is 24.1 Å². The van der Waals surface area contributed by atoms with E-state index >= 15 is 0 Å². The number of benzene rings is 1. The lowest BCUT2D eigenvalue weighted by Crippen LogP contribution is -2.36. The van der Waals surface area contributed by atoms with Crippen molar-refractivity contribution in [3.8, 4) is 0 Å². The topological polar surface area (TPSA) is 81.8 Å². The van der Waals surface area contributed by atoms with Gasteiger partial charge in [-0.2, -0.15) is 0 Å². The third kappa shape index (κ3) is 4.15. The molecule has 10 heteroatoms. The van der Waals surface area contributed by atoms with Crippen molar-refractivity contribution in [3.05, 3.63) is 58.9 Å². The second-order valence-corrected chi connectivity index (χ2v) is 10.1. The van der Waals surface area contributed by atoms with Crippen molar-refractivity contribution in [1.82, 2.24) is 13.9 Å². The first kappa shape index (κ1) is 20.2. The van der Waals surface area contributed by atoms with Crippen LogP contribution in [0.1, 0.15) is 29.6 Å². The average molecular weight is 451 g/mol. The lowest BCUT2D eigenvalue weighted by Gasteiger charge is -2.28. The highest BCUT2D eigenvalue weighted by Gasteiger charge is 2.31. The molecular weight excluding hydrogens is 428 g/mol. The van der Waals surface area contributed by atoms with Crippen LogP contribution >= 0.6 is 23.9 Å². The number of carbonyl (C=O) groups excluding carboxylic acids is 1. The summed E-state index contributed by atoms with van der Waals surface area (Å²) >= 11 is 2.79. The molecule has 1 aromatic rings. The van der Waals surface area contributed by atoms with E-state index in [4.69, 9.17) is 0 Å². The Morgan fingerprint density at radius 1 is 1.24 bits per heavy atom. The minimum absolute atomic E-state index is 0.133. The zero-order valence-electron chi connectivity index (χ0n) is 15.9. The number of nitrogens with one attached hydrogen (secondary N) is 2. The third-order valence-corrected chi connectivity index (χ3v) is 7.82. The number of hydrogen-bond acceptors (Lipinski definition) is 7. The molecule has 2 N–H and O–H groups in total. The molecule has 0 bridgehead atoms. The van der Waals surface area contributed by atoms with Gasteiger partial charge in [-0.05, 0) is 55.9 Å². The zero-order valence-corrected chi connectivity index (χ0v) is 18.4. The van der Waals surface area contributed by atoms with E-state index in [0.29, 0.717) is 30.0 Å². The van der Waals surface area contributed by atoms with Crippen molar-refractivity contribution in [1.29, 1.82) is 0 Å². The van der Waals surface area contributed by atoms with E-state index in [-0.39, 0.29) is 10.8 Å². The van der Waals surface area contributed by atoms with Crippen LogP contribution < -0.4 is 9.44 Å². The molecule has 29 heavy (non-hydrogen) atoms. The fourth-order valence-electron chi connectivity index (χ4n) is 3.45. The lowest BCUT2D eigenvalue weighted by molar-refractivity contribution is 0.0725. The summed E-state index contributed by atoms with van der Waals surface area (Å²) in [5.41, 5.74) is 1.24. The molecule has 0 aliphatic carbocycles. The minimum Gasteiger partial charge on any atom is -0.339 e. The van der Waals surface area contributed by atoms with Crippen molar-refractivity contribution < 1.29 is 13.2 Å². The molecule has 0 spiro atoms. The summed E-state index contributed by atoms with van der Waals surface area (Å²) < 4.78 is 33.8. The van der Waals surface area contributed by atoms with E-state index in [1.807, 2.05) is 12.3 Å². The largest absolute Gasteiger partial charge is 0.339 e. The molecule has 0 aromatic heterocycles. The van der Waals surface area contributed by atoms with E-state index in [0.717, 1.165) is 24.2 Å². The molecule has 7 nitrogen and oxygen atoms in total. The first-order valence-corrected chi connectivity index (χ1v) is 12.8. The SMILES string of the molecule is CSc1ccc(C(=O)N2CCCCC2)c(NS(=O)(=O)C2=CC=CN3SNC=C23)c1. The van der Waals surface area contributed by atoms with Crippen LogP contribution in [0.25, 0.3) is 0 Å². The van der Waals surface area contributed by atoms with Crippen molar-refractivity contribution >= 4 is 45.5 Å². The number of nitrogens with zero attached hydrogens (tertiary/aromatic N) is 2. The van der Waals surface area contributed by atoms with Gasteiger partial charge < -0.3 is 9.62 Å². The minimum atomic E-state index is -3.89. The molecule has 3 aliphatic rings. The number of fused-ring (bicyclic) bond motifs is 1. The monoisotopic (exact) mass is 450 g/mol. The van der Waals surface area contributed by atoms with Crippen LogP contribution in [-0.4, -0.2) is 42.9 Å². The summed E-state index contributed by atoms with van der Waals surface area (Å²) in [6, 6.07) is 5.30. The fourth-order valence-corrected chi connectivity index (χ4v) is 5.87. The van der Waals surface area contributed by atoms with Gasteiger partial charge in [-0.3, -0.25) is 13.8 Å². The number of allylic oxidation sites excluding steroid dienone is 2. The summed E-state index contributed by atoms with van der Waals surface area (Å²) in [6.45, 7) is 1.41. The molecule has 154 valence electrons.